The molecule has 3 N–H and O–H groups in total. The van der Waals surface area contributed by atoms with Crippen molar-refractivity contribution < 1.29 is 19.5 Å². The van der Waals surface area contributed by atoms with Crippen molar-refractivity contribution in [1.29, 1.82) is 0 Å². The van der Waals surface area contributed by atoms with E-state index < -0.39 is 5.97 Å². The summed E-state index contributed by atoms with van der Waals surface area (Å²) in [6.45, 7) is 2.60. The van der Waals surface area contributed by atoms with Crippen LogP contribution in [0.25, 0.3) is 5.65 Å². The smallest absolute Gasteiger partial charge is 0.335 e. The highest BCUT2D eigenvalue weighted by Gasteiger charge is 2.15. The van der Waals surface area contributed by atoms with Gasteiger partial charge in [-0.25, -0.2) is 9.78 Å². The van der Waals surface area contributed by atoms with Gasteiger partial charge in [0.1, 0.15) is 17.0 Å². The first-order valence-electron chi connectivity index (χ1n) is 10.3. The fourth-order valence-electron chi connectivity index (χ4n) is 3.44. The Hall–Kier alpha value is -4.46. The molecule has 4 rings (SSSR count). The molecule has 0 saturated heterocycles. The minimum Gasteiger partial charge on any atom is -0.478 e. The van der Waals surface area contributed by atoms with Crippen LogP contribution in [0.4, 0.5) is 0 Å². The summed E-state index contributed by atoms with van der Waals surface area (Å²) in [5.41, 5.74) is 4.08. The molecule has 2 aromatic carbocycles. The number of carboxylic acids is 1. The van der Waals surface area contributed by atoms with Gasteiger partial charge in [-0.15, -0.1) is 0 Å². The lowest BCUT2D eigenvalue weighted by molar-refractivity contribution is 0.0696. The Labute approximate surface area is 189 Å². The number of nitrogens with one attached hydrogen (secondary N) is 2. The van der Waals surface area contributed by atoms with E-state index in [0.717, 1.165) is 16.7 Å². The summed E-state index contributed by atoms with van der Waals surface area (Å²) in [6, 6.07) is 19.2. The lowest BCUT2D eigenvalue weighted by atomic mass is 10.1. The van der Waals surface area contributed by atoms with Crippen LogP contribution in [0.15, 0.2) is 72.9 Å². The van der Waals surface area contributed by atoms with Crippen LogP contribution in [0.2, 0.25) is 0 Å². The quantitative estimate of drug-likeness (QED) is 0.407. The first-order chi connectivity index (χ1) is 15.9. The van der Waals surface area contributed by atoms with Crippen molar-refractivity contribution in [1.82, 2.24) is 20.0 Å². The molecule has 0 atom stereocenters. The maximum Gasteiger partial charge on any atom is 0.335 e. The van der Waals surface area contributed by atoms with Crippen LogP contribution in [0.5, 0.6) is 0 Å². The SMILES string of the molecule is Cc1cccc(CNC(=O)c2cn3c(C(=O)NCc4ccc(C(=O)O)cc4)cccc3n2)c1. The molecule has 0 aliphatic carbocycles. The van der Waals surface area contributed by atoms with Gasteiger partial charge in [-0.05, 0) is 42.3 Å². The molecule has 0 unspecified atom stereocenters. The first kappa shape index (κ1) is 21.8. The fourth-order valence-corrected chi connectivity index (χ4v) is 3.44. The van der Waals surface area contributed by atoms with Crippen LogP contribution in [-0.2, 0) is 13.1 Å². The van der Waals surface area contributed by atoms with Gasteiger partial charge in [-0.1, -0.05) is 48.0 Å². The zero-order valence-electron chi connectivity index (χ0n) is 17.9. The van der Waals surface area contributed by atoms with Crippen molar-refractivity contribution in [2.75, 3.05) is 0 Å². The Bertz CT molecular complexity index is 1340. The third kappa shape index (κ3) is 5.07. The highest BCUT2D eigenvalue weighted by Crippen LogP contribution is 2.11. The number of carboxylic acid groups (broad SMARTS) is 1. The molecule has 2 heterocycles. The van der Waals surface area contributed by atoms with Crippen molar-refractivity contribution in [2.24, 2.45) is 0 Å². The highest BCUT2D eigenvalue weighted by molar-refractivity contribution is 5.95. The number of hydrogen-bond donors (Lipinski definition) is 3. The second kappa shape index (κ2) is 9.35. The second-order valence-electron chi connectivity index (χ2n) is 7.62. The number of imidazole rings is 1. The second-order valence-corrected chi connectivity index (χ2v) is 7.62. The largest absolute Gasteiger partial charge is 0.478 e. The highest BCUT2D eigenvalue weighted by atomic mass is 16.4. The summed E-state index contributed by atoms with van der Waals surface area (Å²) in [5.74, 6) is -1.67. The summed E-state index contributed by atoms with van der Waals surface area (Å²) in [4.78, 5) is 40.7. The zero-order valence-corrected chi connectivity index (χ0v) is 17.9. The molecule has 4 aromatic rings. The van der Waals surface area contributed by atoms with Gasteiger partial charge in [-0.2, -0.15) is 0 Å². The number of carbonyl (C=O) groups is 3. The number of pyridine rings is 1. The van der Waals surface area contributed by atoms with Crippen LogP contribution in [0.1, 0.15) is 48.0 Å². The van der Waals surface area contributed by atoms with Crippen molar-refractivity contribution in [3.63, 3.8) is 0 Å². The first-order valence-corrected chi connectivity index (χ1v) is 10.3. The molecule has 2 amide bonds. The maximum absolute atomic E-state index is 12.8. The number of benzene rings is 2. The number of aromatic nitrogens is 2. The van der Waals surface area contributed by atoms with Crippen molar-refractivity contribution in [3.8, 4) is 0 Å². The molecule has 0 radical (unpaired) electrons. The predicted octanol–water partition coefficient (Wildman–Crippen LogP) is 3.20. The van der Waals surface area contributed by atoms with Crippen molar-refractivity contribution >= 4 is 23.4 Å². The lowest BCUT2D eigenvalue weighted by Gasteiger charge is -2.07. The fraction of sp³-hybridized carbons (Fsp3) is 0.120. The third-order valence-electron chi connectivity index (χ3n) is 5.15. The van der Waals surface area contributed by atoms with Crippen LogP contribution in [-0.4, -0.2) is 32.3 Å². The van der Waals surface area contributed by atoms with Crippen molar-refractivity contribution in [2.45, 2.75) is 20.0 Å². The molecule has 0 aliphatic heterocycles. The van der Waals surface area contributed by atoms with E-state index in [-0.39, 0.29) is 29.6 Å². The molecule has 0 bridgehead atoms. The molecule has 8 heteroatoms. The molecule has 2 aromatic heterocycles. The molecule has 0 saturated carbocycles. The summed E-state index contributed by atoms with van der Waals surface area (Å²) in [6.07, 6.45) is 1.54. The predicted molar refractivity (Wildman–Crippen MR) is 122 cm³/mol. The average Bonchev–Trinajstić information content (AvgIpc) is 3.26. The van der Waals surface area contributed by atoms with Crippen LogP contribution < -0.4 is 10.6 Å². The van der Waals surface area contributed by atoms with Gasteiger partial charge in [0, 0.05) is 19.3 Å². The van der Waals surface area contributed by atoms with E-state index in [4.69, 9.17) is 5.11 Å². The van der Waals surface area contributed by atoms with Gasteiger partial charge in [0.05, 0.1) is 5.56 Å². The van der Waals surface area contributed by atoms with E-state index in [2.05, 4.69) is 15.6 Å². The summed E-state index contributed by atoms with van der Waals surface area (Å²) in [5, 5.41) is 14.6. The number of aryl methyl sites for hydroxylation is 1. The Morgan fingerprint density at radius 3 is 2.30 bits per heavy atom. The summed E-state index contributed by atoms with van der Waals surface area (Å²) < 4.78 is 1.57. The number of amides is 2. The van der Waals surface area contributed by atoms with E-state index in [1.54, 1.807) is 34.7 Å². The standard InChI is InChI=1S/C25H22N4O4/c1-16-4-2-5-18(12-16)14-26-23(30)20-15-29-21(6-3-7-22(29)28-20)24(31)27-13-17-8-10-19(11-9-17)25(32)33/h2-12,15H,13-14H2,1H3,(H,26,30)(H,27,31)(H,32,33). The molecule has 33 heavy (non-hydrogen) atoms. The van der Waals surface area contributed by atoms with E-state index in [1.807, 2.05) is 31.2 Å². The van der Waals surface area contributed by atoms with Crippen LogP contribution >= 0.6 is 0 Å². The minimum atomic E-state index is -1.00. The zero-order chi connectivity index (χ0) is 23.4. The number of aromatic carboxylic acids is 1. The summed E-state index contributed by atoms with van der Waals surface area (Å²) >= 11 is 0. The van der Waals surface area contributed by atoms with E-state index in [9.17, 15) is 14.4 Å². The molecular weight excluding hydrogens is 420 g/mol. The third-order valence-corrected chi connectivity index (χ3v) is 5.15. The Balaban J connectivity index is 1.45. The van der Waals surface area contributed by atoms with Gasteiger partial charge >= 0.3 is 5.97 Å². The Morgan fingerprint density at radius 1 is 0.879 bits per heavy atom. The molecule has 0 spiro atoms. The number of carbonyl (C=O) groups excluding carboxylic acids is 2. The van der Waals surface area contributed by atoms with Gasteiger partial charge in [-0.3, -0.25) is 14.0 Å². The molecule has 166 valence electrons. The van der Waals surface area contributed by atoms with Gasteiger partial charge in [0.2, 0.25) is 0 Å². The average molecular weight is 442 g/mol. The molecular formula is C25H22N4O4. The van der Waals surface area contributed by atoms with Crippen molar-refractivity contribution in [3.05, 3.63) is 107 Å². The minimum absolute atomic E-state index is 0.182. The Morgan fingerprint density at radius 2 is 1.58 bits per heavy atom. The van der Waals surface area contributed by atoms with Gasteiger partial charge < -0.3 is 15.7 Å². The number of nitrogens with zero attached hydrogens (tertiary/aromatic N) is 2. The molecule has 8 nitrogen and oxygen atoms in total. The van der Waals surface area contributed by atoms with Crippen LogP contribution in [0.3, 0.4) is 0 Å². The van der Waals surface area contributed by atoms with E-state index >= 15 is 0 Å². The van der Waals surface area contributed by atoms with Gasteiger partial charge in [0.15, 0.2) is 0 Å². The topological polar surface area (TPSA) is 113 Å². The number of rotatable bonds is 7. The Kier molecular flexibility index (Phi) is 6.17. The maximum atomic E-state index is 12.8. The van der Waals surface area contributed by atoms with E-state index in [0.29, 0.717) is 17.9 Å². The number of hydrogen-bond acceptors (Lipinski definition) is 4. The monoisotopic (exact) mass is 442 g/mol. The normalized spacial score (nSPS) is 10.7. The number of fused-ring (bicyclic) bond motifs is 1. The van der Waals surface area contributed by atoms with Crippen LogP contribution in [0, 0.1) is 6.92 Å². The lowest BCUT2D eigenvalue weighted by Crippen LogP contribution is -2.25. The summed E-state index contributed by atoms with van der Waals surface area (Å²) in [7, 11) is 0. The van der Waals surface area contributed by atoms with E-state index in [1.165, 1.54) is 18.3 Å². The van der Waals surface area contributed by atoms with Gasteiger partial charge in [0.25, 0.3) is 11.8 Å². The molecule has 0 aliphatic rings. The molecule has 0 fully saturated rings.